The molecule has 0 radical (unpaired) electrons. The van der Waals surface area contributed by atoms with E-state index >= 15 is 0 Å². The van der Waals surface area contributed by atoms with Crippen LogP contribution in [-0.2, 0) is 31.9 Å². The zero-order valence-corrected chi connectivity index (χ0v) is 40.5. The van der Waals surface area contributed by atoms with Crippen molar-refractivity contribution in [2.24, 2.45) is 0 Å². The molecule has 2 aliphatic rings. The fourth-order valence-corrected chi connectivity index (χ4v) is 10.6. The summed E-state index contributed by atoms with van der Waals surface area (Å²) >= 11 is 0. The van der Waals surface area contributed by atoms with Crippen molar-refractivity contribution in [3.8, 4) is 39.6 Å². The fourth-order valence-electron chi connectivity index (χ4n) is 10.6. The van der Waals surface area contributed by atoms with E-state index in [1.54, 1.807) is 0 Å². The van der Waals surface area contributed by atoms with Crippen LogP contribution in [0.2, 0.25) is 0 Å². The van der Waals surface area contributed by atoms with Gasteiger partial charge in [-0.25, -0.2) is 4.98 Å². The smallest absolute Gasteiger partial charge is 0.135 e. The first-order valence-corrected chi connectivity index (χ1v) is 22.9. The van der Waals surface area contributed by atoms with Gasteiger partial charge in [0.25, 0.3) is 0 Å². The molecule has 0 N–H and O–H groups in total. The molecule has 68 heavy (non-hydrogen) atoms. The maximum atomic E-state index is 6.94. The largest absolute Gasteiger partial charge is 0.514 e. The summed E-state index contributed by atoms with van der Waals surface area (Å²) < 4.78 is 15.9. The third-order valence-corrected chi connectivity index (χ3v) is 13.9. The molecule has 334 valence electrons. The summed E-state index contributed by atoms with van der Waals surface area (Å²) in [5.41, 5.74) is 15.8. The van der Waals surface area contributed by atoms with Crippen LogP contribution in [-0.4, -0.2) is 9.55 Å². The number of pyridine rings is 1. The SMILES string of the molecule is CC(C)(C)c1ccnc(-n2c3[c-]c(Oc4[c-]c(N5[CH-]N(c6c(-c7ccccc7)ccc7c6-c6ccccc6C7(C)C)c6ccccc65)c5oc6ccccc6c5c4)ccc3c3ccccc32)c1.[Pt]. The minimum Gasteiger partial charge on any atom is -0.514 e. The molecule has 0 atom stereocenters. The fraction of sp³-hybridized carbons (Fsp3) is 0.115. The molecule has 3 aromatic heterocycles. The Bertz CT molecular complexity index is 3800. The van der Waals surface area contributed by atoms with E-state index in [1.165, 1.54) is 27.8 Å². The average Bonchev–Trinajstić information content (AvgIpc) is 4.08. The number of ether oxygens (including phenoxy) is 1. The van der Waals surface area contributed by atoms with Crippen molar-refractivity contribution in [3.63, 3.8) is 0 Å². The van der Waals surface area contributed by atoms with Crippen LogP contribution in [0.5, 0.6) is 11.5 Å². The van der Waals surface area contributed by atoms with Crippen LogP contribution in [0.3, 0.4) is 0 Å². The van der Waals surface area contributed by atoms with E-state index in [4.69, 9.17) is 14.1 Å². The molecule has 4 heterocycles. The Morgan fingerprint density at radius 2 is 1.34 bits per heavy atom. The second kappa shape index (κ2) is 15.6. The molecule has 13 rings (SSSR count). The Morgan fingerprint density at radius 3 is 2.16 bits per heavy atom. The summed E-state index contributed by atoms with van der Waals surface area (Å²) in [6.45, 7) is 13.6. The number of furan rings is 1. The van der Waals surface area contributed by atoms with E-state index in [-0.39, 0.29) is 31.9 Å². The van der Waals surface area contributed by atoms with Crippen LogP contribution in [0, 0.1) is 18.8 Å². The number of benzene rings is 8. The van der Waals surface area contributed by atoms with Crippen molar-refractivity contribution in [2.45, 2.75) is 45.4 Å². The van der Waals surface area contributed by atoms with E-state index in [2.05, 4.69) is 213 Å². The minimum atomic E-state index is -0.184. The minimum absolute atomic E-state index is 0. The van der Waals surface area contributed by atoms with Gasteiger partial charge >= 0.3 is 0 Å². The van der Waals surface area contributed by atoms with Crippen molar-refractivity contribution in [1.82, 2.24) is 9.55 Å². The number of aromatic nitrogens is 2. The predicted molar refractivity (Wildman–Crippen MR) is 273 cm³/mol. The third-order valence-electron chi connectivity index (χ3n) is 13.9. The summed E-state index contributed by atoms with van der Waals surface area (Å²) in [7, 11) is 0. The van der Waals surface area contributed by atoms with Crippen LogP contribution >= 0.6 is 0 Å². The Hall–Kier alpha value is -7.40. The van der Waals surface area contributed by atoms with Gasteiger partial charge in [-0.3, -0.25) is 0 Å². The monoisotopic (exact) mass is 1060 g/mol. The van der Waals surface area contributed by atoms with Crippen molar-refractivity contribution < 1.29 is 30.2 Å². The van der Waals surface area contributed by atoms with Gasteiger partial charge in [0.1, 0.15) is 11.4 Å². The van der Waals surface area contributed by atoms with Crippen molar-refractivity contribution in [2.75, 3.05) is 9.80 Å². The average molecular weight is 1060 g/mol. The molecule has 0 fully saturated rings. The number of para-hydroxylation sites is 4. The van der Waals surface area contributed by atoms with E-state index in [9.17, 15) is 0 Å². The number of fused-ring (bicyclic) bond motifs is 10. The molecule has 0 bridgehead atoms. The van der Waals surface area contributed by atoms with Crippen molar-refractivity contribution >= 4 is 66.5 Å². The standard InChI is InChI=1S/C61H45N4O2.Pt/c1-60(2,3)39-31-32-62-56(33-39)65-50-23-13-10-19-43(50)44-28-27-40(35-53(44)65)66-41-34-47-45-20-11-16-26-55(45)67-59(47)54(36-41)63-37-64(52-25-15-14-24-51(52)63)58-42(38-17-7-6-8-18-38)29-30-49-57(58)46-21-9-12-22-48(46)61(49,4)5;/h6-34,37H,1-5H3;/q-3;. The Balaban J connectivity index is 0.00000480. The van der Waals surface area contributed by atoms with E-state index in [0.29, 0.717) is 11.5 Å². The van der Waals surface area contributed by atoms with Gasteiger partial charge in [-0.2, -0.15) is 6.07 Å². The van der Waals surface area contributed by atoms with Crippen molar-refractivity contribution in [3.05, 3.63) is 212 Å². The summed E-state index contributed by atoms with van der Waals surface area (Å²) in [5.74, 6) is 1.95. The number of hydrogen-bond donors (Lipinski definition) is 0. The van der Waals surface area contributed by atoms with Crippen LogP contribution in [0.25, 0.3) is 71.8 Å². The van der Waals surface area contributed by atoms with Gasteiger partial charge in [0, 0.05) is 88.9 Å². The summed E-state index contributed by atoms with van der Waals surface area (Å²) in [6, 6.07) is 67.4. The molecule has 1 aliphatic carbocycles. The van der Waals surface area contributed by atoms with Gasteiger partial charge in [-0.05, 0) is 75.0 Å². The second-order valence-electron chi connectivity index (χ2n) is 19.3. The van der Waals surface area contributed by atoms with Gasteiger partial charge in [0.2, 0.25) is 0 Å². The Labute approximate surface area is 410 Å². The second-order valence-corrected chi connectivity index (χ2v) is 19.3. The van der Waals surface area contributed by atoms with Gasteiger partial charge in [-0.15, -0.1) is 36.3 Å². The van der Waals surface area contributed by atoms with E-state index in [1.807, 2.05) is 30.5 Å². The number of nitrogens with zero attached hydrogens (tertiary/aromatic N) is 4. The molecule has 11 aromatic rings. The van der Waals surface area contributed by atoms with Crippen LogP contribution < -0.4 is 14.5 Å². The summed E-state index contributed by atoms with van der Waals surface area (Å²) in [5, 5.41) is 4.13. The summed E-state index contributed by atoms with van der Waals surface area (Å²) in [4.78, 5) is 9.48. The maximum Gasteiger partial charge on any atom is 0.135 e. The Morgan fingerprint density at radius 1 is 0.618 bits per heavy atom. The quantitative estimate of drug-likeness (QED) is 0.155. The first-order chi connectivity index (χ1) is 32.6. The summed E-state index contributed by atoms with van der Waals surface area (Å²) in [6.07, 6.45) is 1.90. The van der Waals surface area contributed by atoms with Gasteiger partial charge in [-0.1, -0.05) is 166 Å². The predicted octanol–water partition coefficient (Wildman–Crippen LogP) is 16.1. The normalized spacial score (nSPS) is 13.8. The third kappa shape index (κ3) is 6.38. The molecule has 1 aliphatic heterocycles. The first-order valence-electron chi connectivity index (χ1n) is 22.9. The van der Waals surface area contributed by atoms with E-state index in [0.717, 1.165) is 83.4 Å². The molecule has 7 heteroatoms. The molecule has 0 amide bonds. The van der Waals surface area contributed by atoms with Crippen molar-refractivity contribution in [1.29, 1.82) is 0 Å². The maximum absolute atomic E-state index is 6.94. The zero-order chi connectivity index (χ0) is 45.2. The van der Waals surface area contributed by atoms with Crippen LogP contribution in [0.1, 0.15) is 51.3 Å². The molecular weight excluding hydrogens is 1020 g/mol. The topological polar surface area (TPSA) is 46.7 Å². The molecule has 0 saturated heterocycles. The molecule has 0 spiro atoms. The molecular formula is C61H45N4O2Pt-3. The molecule has 0 saturated carbocycles. The molecule has 6 nitrogen and oxygen atoms in total. The van der Waals surface area contributed by atoms with Gasteiger partial charge in [0.05, 0.1) is 0 Å². The number of anilines is 4. The van der Waals surface area contributed by atoms with E-state index < -0.39 is 0 Å². The molecule has 0 unspecified atom stereocenters. The molecule has 8 aromatic carbocycles. The number of hydrogen-bond acceptors (Lipinski definition) is 5. The Kier molecular flexibility index (Phi) is 9.62. The zero-order valence-electron chi connectivity index (χ0n) is 38.2. The van der Waals surface area contributed by atoms with Crippen LogP contribution in [0.15, 0.2) is 180 Å². The van der Waals surface area contributed by atoms with Gasteiger partial charge < -0.3 is 23.5 Å². The number of rotatable bonds is 6. The van der Waals surface area contributed by atoms with Gasteiger partial charge in [0.15, 0.2) is 0 Å². The van der Waals surface area contributed by atoms with Crippen LogP contribution in [0.4, 0.5) is 22.7 Å². The first kappa shape index (κ1) is 42.0.